The maximum absolute atomic E-state index is 13.4. The molecule has 9 heteroatoms. The Morgan fingerprint density at radius 3 is 2.50 bits per heavy atom. The quantitative estimate of drug-likeness (QED) is 0.642. The Morgan fingerprint density at radius 2 is 1.92 bits per heavy atom. The molecule has 0 atom stereocenters. The molecule has 0 unspecified atom stereocenters. The van der Waals surface area contributed by atoms with Gasteiger partial charge in [-0.2, -0.15) is 23.0 Å². The van der Waals surface area contributed by atoms with E-state index in [1.165, 1.54) is 24.4 Å². The maximum Gasteiger partial charge on any atom is 0.435 e. The number of hydrogen-bond donors (Lipinski definition) is 1. The average molecular weight is 418 g/mol. The van der Waals surface area contributed by atoms with E-state index < -0.39 is 11.9 Å². The Kier molecular flexibility index (Phi) is 4.27. The van der Waals surface area contributed by atoms with E-state index in [4.69, 9.17) is 17.3 Å². The molecule has 24 heavy (non-hydrogen) atoms. The minimum Gasteiger partial charge on any atom is -0.383 e. The van der Waals surface area contributed by atoms with E-state index in [2.05, 4.69) is 26.0 Å². The molecular weight excluding hydrogens is 409 g/mol. The normalized spacial score (nSPS) is 11.7. The first-order chi connectivity index (χ1) is 11.3. The first kappa shape index (κ1) is 16.8. The van der Waals surface area contributed by atoms with Crippen LogP contribution >= 0.6 is 27.5 Å². The molecule has 0 amide bonds. The van der Waals surface area contributed by atoms with Gasteiger partial charge in [0.25, 0.3) is 0 Å². The Balaban J connectivity index is 2.30. The second-order valence-electron chi connectivity index (χ2n) is 4.86. The fourth-order valence-corrected chi connectivity index (χ4v) is 3.13. The zero-order chi connectivity index (χ0) is 17.5. The molecule has 0 bridgehead atoms. The summed E-state index contributed by atoms with van der Waals surface area (Å²) in [5.41, 5.74) is 4.84. The molecular formula is C15H9BrClF3N4. The summed E-state index contributed by atoms with van der Waals surface area (Å²) in [4.78, 5) is 3.99. The minimum atomic E-state index is -4.68. The monoisotopic (exact) mass is 416 g/mol. The Bertz CT molecular complexity index is 873. The Morgan fingerprint density at radius 1 is 1.17 bits per heavy atom. The molecule has 2 aromatic heterocycles. The number of hydrogen-bond acceptors (Lipinski definition) is 3. The lowest BCUT2D eigenvalue weighted by Gasteiger charge is -2.08. The largest absolute Gasteiger partial charge is 0.435 e. The van der Waals surface area contributed by atoms with Crippen LogP contribution in [0.2, 0.25) is 5.02 Å². The van der Waals surface area contributed by atoms with Gasteiger partial charge in [-0.25, -0.2) is 4.98 Å². The van der Waals surface area contributed by atoms with E-state index in [0.717, 1.165) is 4.68 Å². The highest BCUT2D eigenvalue weighted by Gasteiger charge is 2.39. The van der Waals surface area contributed by atoms with Crippen LogP contribution in [-0.4, -0.2) is 14.8 Å². The average Bonchev–Trinajstić information content (AvgIpc) is 2.85. The summed E-state index contributed by atoms with van der Waals surface area (Å²) >= 11 is 9.17. The molecule has 0 saturated heterocycles. The van der Waals surface area contributed by atoms with Crippen LogP contribution in [0.3, 0.4) is 0 Å². The van der Waals surface area contributed by atoms with Crippen molar-refractivity contribution >= 4 is 33.3 Å². The summed E-state index contributed by atoms with van der Waals surface area (Å²) in [6, 6.07) is 9.25. The van der Waals surface area contributed by atoms with Gasteiger partial charge in [0.05, 0.1) is 5.56 Å². The van der Waals surface area contributed by atoms with Gasteiger partial charge >= 0.3 is 6.18 Å². The molecule has 0 radical (unpaired) electrons. The number of anilines is 1. The van der Waals surface area contributed by atoms with Crippen molar-refractivity contribution in [2.75, 3.05) is 5.73 Å². The predicted octanol–water partition coefficient (Wildman–Crippen LogP) is 4.95. The third-order valence-corrected chi connectivity index (χ3v) is 3.88. The number of nitrogens with zero attached hydrogens (tertiary/aromatic N) is 3. The van der Waals surface area contributed by atoms with Crippen LogP contribution in [0.4, 0.5) is 19.0 Å². The molecule has 0 aliphatic rings. The van der Waals surface area contributed by atoms with Crippen molar-refractivity contribution in [2.24, 2.45) is 0 Å². The SMILES string of the molecule is Nc1c(-c2cc(Cl)cc(Br)c2)c(C(F)(F)F)nn1-c1ccccn1. The van der Waals surface area contributed by atoms with Crippen LogP contribution in [0.5, 0.6) is 0 Å². The number of benzene rings is 1. The highest BCUT2D eigenvalue weighted by molar-refractivity contribution is 9.10. The van der Waals surface area contributed by atoms with E-state index in [9.17, 15) is 13.2 Å². The molecule has 0 saturated carbocycles. The fourth-order valence-electron chi connectivity index (χ4n) is 2.27. The van der Waals surface area contributed by atoms with Crippen molar-refractivity contribution in [3.05, 3.63) is 57.8 Å². The second kappa shape index (κ2) is 6.10. The fraction of sp³-hybridized carbons (Fsp3) is 0.0667. The third kappa shape index (κ3) is 3.11. The van der Waals surface area contributed by atoms with Crippen molar-refractivity contribution < 1.29 is 13.2 Å². The Labute approximate surface area is 148 Å². The third-order valence-electron chi connectivity index (χ3n) is 3.21. The number of halogens is 5. The summed E-state index contributed by atoms with van der Waals surface area (Å²) in [6.45, 7) is 0. The van der Waals surface area contributed by atoms with Crippen LogP contribution in [0.25, 0.3) is 16.9 Å². The van der Waals surface area contributed by atoms with Gasteiger partial charge in [-0.3, -0.25) is 0 Å². The second-order valence-corrected chi connectivity index (χ2v) is 6.22. The molecule has 0 spiro atoms. The van der Waals surface area contributed by atoms with E-state index in [1.54, 1.807) is 18.2 Å². The first-order valence-electron chi connectivity index (χ1n) is 6.61. The van der Waals surface area contributed by atoms with E-state index in [1.807, 2.05) is 0 Å². The maximum atomic E-state index is 13.4. The smallest absolute Gasteiger partial charge is 0.383 e. The van der Waals surface area contributed by atoms with Crippen molar-refractivity contribution in [1.29, 1.82) is 0 Å². The summed E-state index contributed by atoms with van der Waals surface area (Å²) in [6.07, 6.45) is -3.24. The molecule has 3 aromatic rings. The molecule has 0 fully saturated rings. The lowest BCUT2D eigenvalue weighted by Crippen LogP contribution is -2.09. The summed E-state index contributed by atoms with van der Waals surface area (Å²) < 4.78 is 41.8. The molecule has 0 aliphatic heterocycles. The van der Waals surface area contributed by atoms with Crippen molar-refractivity contribution in [2.45, 2.75) is 6.18 Å². The van der Waals surface area contributed by atoms with Gasteiger partial charge in [0.2, 0.25) is 0 Å². The number of rotatable bonds is 2. The number of alkyl halides is 3. The van der Waals surface area contributed by atoms with Crippen LogP contribution in [0, 0.1) is 0 Å². The summed E-state index contributed by atoms with van der Waals surface area (Å²) in [5, 5.41) is 3.91. The summed E-state index contributed by atoms with van der Waals surface area (Å²) in [7, 11) is 0. The topological polar surface area (TPSA) is 56.7 Å². The van der Waals surface area contributed by atoms with Gasteiger partial charge < -0.3 is 5.73 Å². The van der Waals surface area contributed by atoms with Gasteiger partial charge in [0.1, 0.15) is 5.82 Å². The highest BCUT2D eigenvalue weighted by atomic mass is 79.9. The molecule has 4 nitrogen and oxygen atoms in total. The zero-order valence-corrected chi connectivity index (χ0v) is 14.2. The molecule has 0 aliphatic carbocycles. The van der Waals surface area contributed by atoms with Gasteiger partial charge in [-0.1, -0.05) is 33.6 Å². The number of nitrogen functional groups attached to an aromatic ring is 1. The standard InChI is InChI=1S/C15H9BrClF3N4/c16-9-5-8(6-10(17)7-9)12-13(15(18,19)20)23-24(14(12)21)11-3-1-2-4-22-11/h1-7H,21H2. The number of pyridine rings is 1. The highest BCUT2D eigenvalue weighted by Crippen LogP contribution is 2.41. The van der Waals surface area contributed by atoms with Crippen molar-refractivity contribution in [3.63, 3.8) is 0 Å². The van der Waals surface area contributed by atoms with Gasteiger partial charge in [0, 0.05) is 15.7 Å². The molecule has 3 rings (SSSR count). The summed E-state index contributed by atoms with van der Waals surface area (Å²) in [5.74, 6) is 0.0167. The molecule has 2 heterocycles. The van der Waals surface area contributed by atoms with Gasteiger partial charge in [0.15, 0.2) is 11.5 Å². The number of aromatic nitrogens is 3. The molecule has 2 N–H and O–H groups in total. The lowest BCUT2D eigenvalue weighted by atomic mass is 10.1. The zero-order valence-electron chi connectivity index (χ0n) is 11.9. The first-order valence-corrected chi connectivity index (χ1v) is 7.78. The molecule has 124 valence electrons. The van der Waals surface area contributed by atoms with Crippen LogP contribution in [0.1, 0.15) is 5.69 Å². The van der Waals surface area contributed by atoms with Gasteiger partial charge in [-0.05, 0) is 35.9 Å². The molecule has 1 aromatic carbocycles. The van der Waals surface area contributed by atoms with Gasteiger partial charge in [-0.15, -0.1) is 0 Å². The van der Waals surface area contributed by atoms with Crippen LogP contribution < -0.4 is 5.73 Å². The Hall–Kier alpha value is -2.06. The number of nitrogens with two attached hydrogens (primary N) is 1. The predicted molar refractivity (Wildman–Crippen MR) is 88.9 cm³/mol. The van der Waals surface area contributed by atoms with Crippen LogP contribution in [-0.2, 0) is 6.18 Å². The van der Waals surface area contributed by atoms with Crippen LogP contribution in [0.15, 0.2) is 47.1 Å². The van der Waals surface area contributed by atoms with Crippen molar-refractivity contribution in [1.82, 2.24) is 14.8 Å². The van der Waals surface area contributed by atoms with Crippen molar-refractivity contribution in [3.8, 4) is 16.9 Å². The minimum absolute atomic E-state index is 0.171. The van der Waals surface area contributed by atoms with E-state index in [-0.39, 0.29) is 27.8 Å². The van der Waals surface area contributed by atoms with E-state index in [0.29, 0.717) is 4.47 Å². The lowest BCUT2D eigenvalue weighted by molar-refractivity contribution is -0.140. The van der Waals surface area contributed by atoms with E-state index >= 15 is 0 Å².